The number of hydrogen-bond donors (Lipinski definition) is 1. The van der Waals surface area contributed by atoms with Crippen LogP contribution in [0.3, 0.4) is 0 Å². The van der Waals surface area contributed by atoms with Crippen molar-refractivity contribution in [2.24, 2.45) is 0 Å². The van der Waals surface area contributed by atoms with Crippen LogP contribution in [0.25, 0.3) is 0 Å². The first kappa shape index (κ1) is 13.6. The van der Waals surface area contributed by atoms with E-state index < -0.39 is 5.97 Å². The minimum absolute atomic E-state index is 0.0719. The Labute approximate surface area is 119 Å². The molecule has 0 aliphatic heterocycles. The highest BCUT2D eigenvalue weighted by atomic mass is 35.5. The molecular formula is C13H9Cl2NO3. The van der Waals surface area contributed by atoms with E-state index in [0.29, 0.717) is 5.02 Å². The first-order valence-electron chi connectivity index (χ1n) is 5.33. The van der Waals surface area contributed by atoms with Crippen LogP contribution in [0.5, 0.6) is 5.88 Å². The number of aromatic carboxylic acids is 1. The molecule has 98 valence electrons. The zero-order chi connectivity index (χ0) is 13.8. The standard InChI is InChI=1S/C13H9Cl2NO3/c14-9-3-1-2-8(6-9)7-19-11-5-4-10(15)12(16-11)13(17)18/h1-6H,7H2,(H,17,18). The lowest BCUT2D eigenvalue weighted by atomic mass is 10.2. The van der Waals surface area contributed by atoms with Crippen LogP contribution in [-0.2, 0) is 6.61 Å². The molecule has 0 bridgehead atoms. The van der Waals surface area contributed by atoms with Gasteiger partial charge in [0.2, 0.25) is 5.88 Å². The number of aromatic nitrogens is 1. The van der Waals surface area contributed by atoms with E-state index in [1.807, 2.05) is 6.07 Å². The van der Waals surface area contributed by atoms with Crippen LogP contribution in [0.2, 0.25) is 10.0 Å². The van der Waals surface area contributed by atoms with Crippen molar-refractivity contribution < 1.29 is 14.6 Å². The van der Waals surface area contributed by atoms with Gasteiger partial charge >= 0.3 is 5.97 Å². The van der Waals surface area contributed by atoms with Crippen molar-refractivity contribution in [2.45, 2.75) is 6.61 Å². The molecule has 4 nitrogen and oxygen atoms in total. The average molecular weight is 298 g/mol. The smallest absolute Gasteiger partial charge is 0.356 e. The lowest BCUT2D eigenvalue weighted by Crippen LogP contribution is -2.04. The van der Waals surface area contributed by atoms with Gasteiger partial charge in [0.1, 0.15) is 6.61 Å². The Balaban J connectivity index is 2.12. The van der Waals surface area contributed by atoms with Gasteiger partial charge in [0.15, 0.2) is 5.69 Å². The second kappa shape index (κ2) is 5.91. The third kappa shape index (κ3) is 3.59. The third-order valence-corrected chi connectivity index (χ3v) is 2.84. The molecule has 6 heteroatoms. The lowest BCUT2D eigenvalue weighted by molar-refractivity contribution is 0.0689. The van der Waals surface area contributed by atoms with Gasteiger partial charge in [-0.2, -0.15) is 0 Å². The largest absolute Gasteiger partial charge is 0.476 e. The van der Waals surface area contributed by atoms with E-state index in [-0.39, 0.29) is 23.2 Å². The zero-order valence-corrected chi connectivity index (χ0v) is 11.1. The number of carbonyl (C=O) groups is 1. The molecule has 2 aromatic rings. The molecule has 0 spiro atoms. The van der Waals surface area contributed by atoms with Crippen molar-refractivity contribution in [1.82, 2.24) is 4.98 Å². The summed E-state index contributed by atoms with van der Waals surface area (Å²) in [5.41, 5.74) is 0.631. The Morgan fingerprint density at radius 1 is 1.26 bits per heavy atom. The molecule has 0 unspecified atom stereocenters. The molecular weight excluding hydrogens is 289 g/mol. The van der Waals surface area contributed by atoms with Crippen molar-refractivity contribution >= 4 is 29.2 Å². The van der Waals surface area contributed by atoms with Crippen molar-refractivity contribution in [3.05, 3.63) is 57.7 Å². The molecule has 1 aromatic carbocycles. The molecule has 1 heterocycles. The summed E-state index contributed by atoms with van der Waals surface area (Å²) in [7, 11) is 0. The number of ether oxygens (including phenoxy) is 1. The molecule has 0 aliphatic carbocycles. The van der Waals surface area contributed by atoms with Crippen molar-refractivity contribution in [1.29, 1.82) is 0 Å². The van der Waals surface area contributed by atoms with E-state index >= 15 is 0 Å². The Kier molecular flexibility index (Phi) is 4.24. The topological polar surface area (TPSA) is 59.4 Å². The fraction of sp³-hybridized carbons (Fsp3) is 0.0769. The molecule has 0 saturated heterocycles. The Morgan fingerprint density at radius 3 is 2.74 bits per heavy atom. The number of hydrogen-bond acceptors (Lipinski definition) is 3. The van der Waals surface area contributed by atoms with Crippen LogP contribution in [0.1, 0.15) is 16.1 Å². The van der Waals surface area contributed by atoms with Crippen molar-refractivity contribution in [2.75, 3.05) is 0 Å². The summed E-state index contributed by atoms with van der Waals surface area (Å²) in [5.74, 6) is -1.00. The Morgan fingerprint density at radius 2 is 2.05 bits per heavy atom. The third-order valence-electron chi connectivity index (χ3n) is 2.30. The summed E-state index contributed by atoms with van der Waals surface area (Å²) in [6, 6.07) is 10.1. The number of rotatable bonds is 4. The molecule has 0 radical (unpaired) electrons. The maximum absolute atomic E-state index is 10.9. The van der Waals surface area contributed by atoms with E-state index in [0.717, 1.165) is 5.56 Å². The van der Waals surface area contributed by atoms with Crippen LogP contribution in [-0.4, -0.2) is 16.1 Å². The highest BCUT2D eigenvalue weighted by Crippen LogP contribution is 2.19. The van der Waals surface area contributed by atoms with Crippen LogP contribution >= 0.6 is 23.2 Å². The zero-order valence-electron chi connectivity index (χ0n) is 9.64. The molecule has 0 saturated carbocycles. The van der Waals surface area contributed by atoms with Gasteiger partial charge in [-0.25, -0.2) is 9.78 Å². The number of nitrogens with zero attached hydrogens (tertiary/aromatic N) is 1. The average Bonchev–Trinajstić information content (AvgIpc) is 2.37. The van der Waals surface area contributed by atoms with Crippen LogP contribution in [0.15, 0.2) is 36.4 Å². The number of carboxylic acid groups (broad SMARTS) is 1. The van der Waals surface area contributed by atoms with E-state index in [1.54, 1.807) is 18.2 Å². The van der Waals surface area contributed by atoms with Gasteiger partial charge in [-0.15, -0.1) is 0 Å². The molecule has 0 fully saturated rings. The predicted molar refractivity (Wildman–Crippen MR) is 72.0 cm³/mol. The highest BCUT2D eigenvalue weighted by molar-refractivity contribution is 6.33. The van der Waals surface area contributed by atoms with Gasteiger partial charge in [-0.3, -0.25) is 0 Å². The molecule has 1 aromatic heterocycles. The SMILES string of the molecule is O=C(O)c1nc(OCc2cccc(Cl)c2)ccc1Cl. The first-order valence-corrected chi connectivity index (χ1v) is 6.09. The molecule has 0 aliphatic rings. The van der Waals surface area contributed by atoms with Gasteiger partial charge in [-0.1, -0.05) is 35.3 Å². The van der Waals surface area contributed by atoms with Crippen molar-refractivity contribution in [3.8, 4) is 5.88 Å². The maximum atomic E-state index is 10.9. The van der Waals surface area contributed by atoms with Crippen LogP contribution < -0.4 is 4.74 Å². The summed E-state index contributed by atoms with van der Waals surface area (Å²) in [5, 5.41) is 9.57. The molecule has 0 atom stereocenters. The summed E-state index contributed by atoms with van der Waals surface area (Å²) in [4.78, 5) is 14.7. The predicted octanol–water partition coefficient (Wildman–Crippen LogP) is 3.67. The fourth-order valence-corrected chi connectivity index (χ4v) is 1.84. The normalized spacial score (nSPS) is 10.2. The number of halogens is 2. The Bertz CT molecular complexity index is 617. The summed E-state index contributed by atoms with van der Waals surface area (Å²) in [6.45, 7) is 0.244. The van der Waals surface area contributed by atoms with E-state index in [9.17, 15) is 4.79 Å². The van der Waals surface area contributed by atoms with E-state index in [2.05, 4.69) is 4.98 Å². The summed E-state index contributed by atoms with van der Waals surface area (Å²) < 4.78 is 5.40. The van der Waals surface area contributed by atoms with Gasteiger partial charge in [0, 0.05) is 11.1 Å². The van der Waals surface area contributed by atoms with Gasteiger partial charge in [-0.05, 0) is 23.8 Å². The lowest BCUT2D eigenvalue weighted by Gasteiger charge is -2.07. The van der Waals surface area contributed by atoms with Gasteiger partial charge in [0.25, 0.3) is 0 Å². The minimum atomic E-state index is -1.20. The molecule has 2 rings (SSSR count). The van der Waals surface area contributed by atoms with E-state index in [1.165, 1.54) is 12.1 Å². The fourth-order valence-electron chi connectivity index (χ4n) is 1.44. The molecule has 1 N–H and O–H groups in total. The minimum Gasteiger partial charge on any atom is -0.476 e. The quantitative estimate of drug-likeness (QED) is 0.935. The monoisotopic (exact) mass is 297 g/mol. The second-order valence-corrected chi connectivity index (χ2v) is 4.55. The molecule has 0 amide bonds. The first-order chi connectivity index (χ1) is 9.06. The second-order valence-electron chi connectivity index (χ2n) is 3.70. The summed E-state index contributed by atoms with van der Waals surface area (Å²) >= 11 is 11.6. The summed E-state index contributed by atoms with van der Waals surface area (Å²) in [6.07, 6.45) is 0. The highest BCUT2D eigenvalue weighted by Gasteiger charge is 2.12. The number of benzene rings is 1. The van der Waals surface area contributed by atoms with Crippen LogP contribution in [0.4, 0.5) is 0 Å². The number of carboxylic acids is 1. The number of pyridine rings is 1. The Hall–Kier alpha value is -1.78. The van der Waals surface area contributed by atoms with Gasteiger partial charge in [0.05, 0.1) is 5.02 Å². The van der Waals surface area contributed by atoms with Gasteiger partial charge < -0.3 is 9.84 Å². The van der Waals surface area contributed by atoms with E-state index in [4.69, 9.17) is 33.0 Å². The molecule has 19 heavy (non-hydrogen) atoms. The van der Waals surface area contributed by atoms with Crippen molar-refractivity contribution in [3.63, 3.8) is 0 Å². The maximum Gasteiger partial charge on any atom is 0.356 e. The van der Waals surface area contributed by atoms with Crippen LogP contribution in [0, 0.1) is 0 Å².